The zero-order valence-electron chi connectivity index (χ0n) is 6.93. The molecule has 0 saturated carbocycles. The Morgan fingerprint density at radius 1 is 1.30 bits per heavy atom. The molecule has 0 nitrogen and oxygen atoms in total. The van der Waals surface area contributed by atoms with Crippen molar-refractivity contribution in [3.8, 4) is 0 Å². The Labute approximate surface area is 64.0 Å². The van der Waals surface area contributed by atoms with Crippen molar-refractivity contribution in [1.82, 2.24) is 0 Å². The Kier molecular flexibility index (Phi) is 7.65. The molecule has 0 aromatic heterocycles. The lowest BCUT2D eigenvalue weighted by Crippen LogP contribution is -1.55. The Hall–Kier alpha value is -0.740. The molecule has 0 rings (SSSR count). The van der Waals surface area contributed by atoms with E-state index >= 15 is 0 Å². The third-order valence-electron chi connectivity index (χ3n) is 1.12. The molecule has 0 fully saturated rings. The van der Waals surface area contributed by atoms with Gasteiger partial charge in [0.05, 0.1) is 0 Å². The average molecular weight is 136 g/mol. The van der Waals surface area contributed by atoms with Crippen LogP contribution < -0.4 is 0 Å². The van der Waals surface area contributed by atoms with Crippen molar-refractivity contribution in [3.05, 3.63) is 30.0 Å². The molecule has 0 spiro atoms. The van der Waals surface area contributed by atoms with Gasteiger partial charge < -0.3 is 0 Å². The quantitative estimate of drug-likeness (QED) is 0.410. The molecule has 0 amide bonds. The fourth-order valence-electron chi connectivity index (χ4n) is 0.555. The fraction of sp³-hybridized carbons (Fsp3) is 0.500. The summed E-state index contributed by atoms with van der Waals surface area (Å²) in [7, 11) is 0. The monoisotopic (exact) mass is 136 g/mol. The van der Waals surface area contributed by atoms with Crippen molar-refractivity contribution in [2.45, 2.75) is 33.1 Å². The first-order valence-corrected chi connectivity index (χ1v) is 3.97. The molecule has 10 heavy (non-hydrogen) atoms. The van der Waals surface area contributed by atoms with Crippen LogP contribution in [-0.2, 0) is 0 Å². The third kappa shape index (κ3) is 7.26. The molecule has 0 atom stereocenters. The van der Waals surface area contributed by atoms with E-state index in [2.05, 4.69) is 31.7 Å². The summed E-state index contributed by atoms with van der Waals surface area (Å²) in [6.07, 6.45) is 11.6. The predicted octanol–water partition coefficient (Wildman–Crippen LogP) is 3.46. The minimum absolute atomic E-state index is 1.10. The smallest absolute Gasteiger partial charge is 0.0206 e. The highest BCUT2D eigenvalue weighted by molar-refractivity contribution is 5.01. The summed E-state index contributed by atoms with van der Waals surface area (Å²) < 4.78 is 0. The minimum atomic E-state index is 1.10. The molecule has 0 bridgehead atoms. The van der Waals surface area contributed by atoms with Crippen LogP contribution >= 0.6 is 0 Å². The number of hydrogen-bond donors (Lipinski definition) is 0. The maximum Gasteiger partial charge on any atom is -0.0206 e. The molecule has 0 aliphatic carbocycles. The van der Waals surface area contributed by atoms with E-state index in [1.165, 1.54) is 6.42 Å². The topological polar surface area (TPSA) is 0 Å². The standard InChI is InChI=1S/C10H16/c1-3-5-7-9-10-8-6-4-2/h5,7-9H,3-4,6H2,1-2H3/b7-5+. The second kappa shape index (κ2) is 8.26. The van der Waals surface area contributed by atoms with E-state index in [9.17, 15) is 0 Å². The van der Waals surface area contributed by atoms with E-state index in [1.807, 2.05) is 12.2 Å². The van der Waals surface area contributed by atoms with Crippen LogP contribution in [0.5, 0.6) is 0 Å². The molecular formula is C10H16. The minimum Gasteiger partial charge on any atom is -0.125 e. The molecule has 0 radical (unpaired) electrons. The first kappa shape index (κ1) is 9.26. The SMILES string of the molecule is CC/C=C/C=C=CCCC. The molecule has 0 unspecified atom stereocenters. The molecule has 0 saturated heterocycles. The summed E-state index contributed by atoms with van der Waals surface area (Å²) >= 11 is 0. The van der Waals surface area contributed by atoms with Gasteiger partial charge in [0, 0.05) is 0 Å². The Bertz CT molecular complexity index is 134. The highest BCUT2D eigenvalue weighted by atomic mass is 13.7. The molecule has 0 aromatic rings. The van der Waals surface area contributed by atoms with Gasteiger partial charge in [-0.3, -0.25) is 0 Å². The van der Waals surface area contributed by atoms with Gasteiger partial charge in [0.15, 0.2) is 0 Å². The van der Waals surface area contributed by atoms with Gasteiger partial charge in [0.2, 0.25) is 0 Å². The largest absolute Gasteiger partial charge is 0.125 e. The second-order valence-corrected chi connectivity index (χ2v) is 2.16. The van der Waals surface area contributed by atoms with Crippen LogP contribution in [0.3, 0.4) is 0 Å². The van der Waals surface area contributed by atoms with Crippen molar-refractivity contribution in [1.29, 1.82) is 0 Å². The zero-order valence-corrected chi connectivity index (χ0v) is 6.93. The average Bonchev–Trinajstić information content (AvgIpc) is 1.97. The van der Waals surface area contributed by atoms with Crippen molar-refractivity contribution in [3.63, 3.8) is 0 Å². The van der Waals surface area contributed by atoms with Crippen LogP contribution in [0, 0.1) is 0 Å². The van der Waals surface area contributed by atoms with E-state index < -0.39 is 0 Å². The van der Waals surface area contributed by atoms with Crippen LogP contribution in [0.1, 0.15) is 33.1 Å². The van der Waals surface area contributed by atoms with Crippen molar-refractivity contribution in [2.75, 3.05) is 0 Å². The Morgan fingerprint density at radius 3 is 2.70 bits per heavy atom. The van der Waals surface area contributed by atoms with E-state index in [0.29, 0.717) is 0 Å². The molecule has 0 heteroatoms. The van der Waals surface area contributed by atoms with Crippen LogP contribution in [-0.4, -0.2) is 0 Å². The lowest BCUT2D eigenvalue weighted by Gasteiger charge is -1.75. The van der Waals surface area contributed by atoms with Gasteiger partial charge in [-0.05, 0) is 25.0 Å². The fourth-order valence-corrected chi connectivity index (χ4v) is 0.555. The van der Waals surface area contributed by atoms with E-state index in [1.54, 1.807) is 0 Å². The van der Waals surface area contributed by atoms with Gasteiger partial charge in [-0.2, -0.15) is 0 Å². The highest BCUT2D eigenvalue weighted by Gasteiger charge is 1.66. The summed E-state index contributed by atoms with van der Waals surface area (Å²) in [5, 5.41) is 0. The number of rotatable bonds is 4. The first-order chi connectivity index (χ1) is 4.91. The third-order valence-corrected chi connectivity index (χ3v) is 1.12. The predicted molar refractivity (Wildman–Crippen MR) is 47.0 cm³/mol. The van der Waals surface area contributed by atoms with Crippen LogP contribution in [0.4, 0.5) is 0 Å². The first-order valence-electron chi connectivity index (χ1n) is 3.97. The van der Waals surface area contributed by atoms with Crippen molar-refractivity contribution in [2.24, 2.45) is 0 Å². The maximum atomic E-state index is 3.08. The van der Waals surface area contributed by atoms with Gasteiger partial charge in [-0.15, -0.1) is 5.73 Å². The summed E-state index contributed by atoms with van der Waals surface area (Å²) in [6.45, 7) is 4.29. The van der Waals surface area contributed by atoms with Gasteiger partial charge in [0.25, 0.3) is 0 Å². The van der Waals surface area contributed by atoms with Crippen molar-refractivity contribution < 1.29 is 0 Å². The molecule has 0 heterocycles. The van der Waals surface area contributed by atoms with E-state index in [-0.39, 0.29) is 0 Å². The number of unbranched alkanes of at least 4 members (excludes halogenated alkanes) is 1. The van der Waals surface area contributed by atoms with Gasteiger partial charge in [0.1, 0.15) is 0 Å². The van der Waals surface area contributed by atoms with Gasteiger partial charge in [-0.1, -0.05) is 32.4 Å². The number of allylic oxidation sites excluding steroid dienone is 3. The zero-order chi connectivity index (χ0) is 7.66. The Balaban J connectivity index is 3.43. The molecule has 0 aliphatic heterocycles. The molecular weight excluding hydrogens is 120 g/mol. The summed E-state index contributed by atoms with van der Waals surface area (Å²) in [6, 6.07) is 0. The summed E-state index contributed by atoms with van der Waals surface area (Å²) in [5.74, 6) is 0. The van der Waals surface area contributed by atoms with Gasteiger partial charge in [-0.25, -0.2) is 0 Å². The molecule has 56 valence electrons. The molecule has 0 aromatic carbocycles. The van der Waals surface area contributed by atoms with Crippen molar-refractivity contribution >= 4 is 0 Å². The second-order valence-electron chi connectivity index (χ2n) is 2.16. The van der Waals surface area contributed by atoms with Gasteiger partial charge >= 0.3 is 0 Å². The van der Waals surface area contributed by atoms with Crippen LogP contribution in [0.15, 0.2) is 30.0 Å². The molecule has 0 aliphatic rings. The maximum absolute atomic E-state index is 3.08. The van der Waals surface area contributed by atoms with Crippen LogP contribution in [0.2, 0.25) is 0 Å². The lowest BCUT2D eigenvalue weighted by molar-refractivity contribution is 0.960. The van der Waals surface area contributed by atoms with E-state index in [4.69, 9.17) is 0 Å². The summed E-state index contributed by atoms with van der Waals surface area (Å²) in [5.41, 5.74) is 3.08. The lowest BCUT2D eigenvalue weighted by atomic mass is 10.3. The highest BCUT2D eigenvalue weighted by Crippen LogP contribution is 1.86. The number of hydrogen-bond acceptors (Lipinski definition) is 0. The van der Waals surface area contributed by atoms with Crippen LogP contribution in [0.25, 0.3) is 0 Å². The molecule has 0 N–H and O–H groups in total. The Morgan fingerprint density at radius 2 is 2.10 bits per heavy atom. The normalized spacial score (nSPS) is 9.40. The van der Waals surface area contributed by atoms with E-state index in [0.717, 1.165) is 12.8 Å². The summed E-state index contributed by atoms with van der Waals surface area (Å²) in [4.78, 5) is 0.